The second-order valence-electron chi connectivity index (χ2n) is 5.90. The van der Waals surface area contributed by atoms with Gasteiger partial charge in [0.15, 0.2) is 0 Å². The number of amides is 2. The molecule has 21 heavy (non-hydrogen) atoms. The molecule has 2 atom stereocenters. The number of carbonyl (C=O) groups is 4. The lowest BCUT2D eigenvalue weighted by atomic mass is 9.90. The first-order chi connectivity index (χ1) is 9.71. The maximum Gasteiger partial charge on any atom is 0.417 e. The molecule has 118 valence electrons. The number of aldehydes is 1. The maximum atomic E-state index is 12.3. The van der Waals surface area contributed by atoms with E-state index in [1.807, 2.05) is 0 Å². The van der Waals surface area contributed by atoms with Crippen LogP contribution in [0.15, 0.2) is 0 Å². The third-order valence-electron chi connectivity index (χ3n) is 3.13. The van der Waals surface area contributed by atoms with Gasteiger partial charge in [-0.05, 0) is 33.6 Å². The Balaban J connectivity index is 3.02. The molecule has 1 aliphatic rings. The molecule has 0 aliphatic carbocycles. The molecule has 7 heteroatoms. The highest BCUT2D eigenvalue weighted by Crippen LogP contribution is 2.27. The second kappa shape index (κ2) is 6.69. The molecule has 1 rings (SSSR count). The second-order valence-corrected chi connectivity index (χ2v) is 5.90. The molecule has 1 saturated heterocycles. The fourth-order valence-corrected chi connectivity index (χ4v) is 2.18. The van der Waals surface area contributed by atoms with Crippen LogP contribution in [0.3, 0.4) is 0 Å². The molecular weight excluding hydrogens is 278 g/mol. The number of nitrogens with zero attached hydrogens (tertiary/aromatic N) is 1. The van der Waals surface area contributed by atoms with Crippen molar-refractivity contribution < 1.29 is 28.7 Å². The Labute approximate surface area is 123 Å². The SMILES string of the molecule is COC(=O)[C@@H]1CCC(CC=O)C(=O)N1C(=O)OC(C)(C)C. The van der Waals surface area contributed by atoms with E-state index < -0.39 is 35.5 Å². The quantitative estimate of drug-likeness (QED) is 0.576. The Morgan fingerprint density at radius 3 is 2.43 bits per heavy atom. The Morgan fingerprint density at radius 1 is 1.33 bits per heavy atom. The number of ether oxygens (including phenoxy) is 2. The van der Waals surface area contributed by atoms with Crippen LogP contribution in [0.2, 0.25) is 0 Å². The number of carbonyl (C=O) groups excluding carboxylic acids is 4. The summed E-state index contributed by atoms with van der Waals surface area (Å²) in [6, 6.07) is -1.000. The van der Waals surface area contributed by atoms with Crippen molar-refractivity contribution in [3.63, 3.8) is 0 Å². The van der Waals surface area contributed by atoms with E-state index in [1.54, 1.807) is 20.8 Å². The van der Waals surface area contributed by atoms with E-state index in [4.69, 9.17) is 4.74 Å². The van der Waals surface area contributed by atoms with E-state index in [2.05, 4.69) is 4.74 Å². The van der Waals surface area contributed by atoms with Gasteiger partial charge in [0.2, 0.25) is 5.91 Å². The Bertz CT molecular complexity index is 439. The molecule has 1 fully saturated rings. The number of hydrogen-bond donors (Lipinski definition) is 0. The lowest BCUT2D eigenvalue weighted by Gasteiger charge is -2.36. The summed E-state index contributed by atoms with van der Waals surface area (Å²) < 4.78 is 9.80. The predicted octanol–water partition coefficient (Wildman–Crippen LogP) is 1.29. The summed E-state index contributed by atoms with van der Waals surface area (Å²) in [5.74, 6) is -1.84. The standard InChI is InChI=1S/C14H21NO6/c1-14(2,3)21-13(19)15-10(12(18)20-4)6-5-9(7-8-16)11(15)17/h8-10H,5-7H2,1-4H3/t9?,10-/m0/s1. The first kappa shape index (κ1) is 17.1. The Kier molecular flexibility index (Phi) is 5.46. The normalized spacial score (nSPS) is 22.7. The summed E-state index contributed by atoms with van der Waals surface area (Å²) in [7, 11) is 1.19. The van der Waals surface area contributed by atoms with Crippen LogP contribution >= 0.6 is 0 Å². The monoisotopic (exact) mass is 299 g/mol. The van der Waals surface area contributed by atoms with Gasteiger partial charge in [-0.1, -0.05) is 0 Å². The minimum absolute atomic E-state index is 0.0199. The zero-order chi connectivity index (χ0) is 16.2. The zero-order valence-corrected chi connectivity index (χ0v) is 12.8. The van der Waals surface area contributed by atoms with Crippen molar-refractivity contribution in [2.24, 2.45) is 5.92 Å². The van der Waals surface area contributed by atoms with E-state index in [9.17, 15) is 19.2 Å². The van der Waals surface area contributed by atoms with Gasteiger partial charge in [0.25, 0.3) is 0 Å². The van der Waals surface area contributed by atoms with Crippen molar-refractivity contribution >= 4 is 24.3 Å². The molecule has 1 unspecified atom stereocenters. The average molecular weight is 299 g/mol. The number of methoxy groups -OCH3 is 1. The summed E-state index contributed by atoms with van der Waals surface area (Å²) in [6.45, 7) is 4.99. The average Bonchev–Trinajstić information content (AvgIpc) is 2.37. The van der Waals surface area contributed by atoms with Gasteiger partial charge in [0.1, 0.15) is 17.9 Å². The van der Waals surface area contributed by atoms with Crippen LogP contribution in [0, 0.1) is 5.92 Å². The lowest BCUT2D eigenvalue weighted by Crippen LogP contribution is -2.55. The number of likely N-dealkylation sites (tertiary alicyclic amines) is 1. The molecule has 7 nitrogen and oxygen atoms in total. The van der Waals surface area contributed by atoms with Crippen molar-refractivity contribution in [1.82, 2.24) is 4.90 Å². The van der Waals surface area contributed by atoms with Crippen molar-refractivity contribution in [3.8, 4) is 0 Å². The third kappa shape index (κ3) is 4.27. The van der Waals surface area contributed by atoms with Crippen LogP contribution in [0.4, 0.5) is 4.79 Å². The van der Waals surface area contributed by atoms with E-state index in [1.165, 1.54) is 7.11 Å². The lowest BCUT2D eigenvalue weighted by molar-refractivity contribution is -0.157. The number of esters is 1. The molecule has 1 heterocycles. The Hall–Kier alpha value is -1.92. The number of rotatable bonds is 3. The zero-order valence-electron chi connectivity index (χ0n) is 12.8. The predicted molar refractivity (Wildman–Crippen MR) is 72.3 cm³/mol. The highest BCUT2D eigenvalue weighted by atomic mass is 16.6. The fourth-order valence-electron chi connectivity index (χ4n) is 2.18. The van der Waals surface area contributed by atoms with Crippen molar-refractivity contribution in [2.75, 3.05) is 7.11 Å². The van der Waals surface area contributed by atoms with Crippen LogP contribution in [-0.2, 0) is 23.9 Å². The van der Waals surface area contributed by atoms with E-state index in [0.717, 1.165) is 4.90 Å². The highest BCUT2D eigenvalue weighted by molar-refractivity contribution is 5.99. The molecular formula is C14H21NO6. The summed E-state index contributed by atoms with van der Waals surface area (Å²) in [5.41, 5.74) is -0.796. The summed E-state index contributed by atoms with van der Waals surface area (Å²) >= 11 is 0. The first-order valence-corrected chi connectivity index (χ1v) is 6.78. The molecule has 0 saturated carbocycles. The maximum absolute atomic E-state index is 12.3. The van der Waals surface area contributed by atoms with Gasteiger partial charge in [-0.3, -0.25) is 4.79 Å². The molecule has 0 aromatic carbocycles. The smallest absolute Gasteiger partial charge is 0.417 e. The molecule has 0 bridgehead atoms. The molecule has 2 amide bonds. The van der Waals surface area contributed by atoms with Crippen molar-refractivity contribution in [2.45, 2.75) is 51.7 Å². The van der Waals surface area contributed by atoms with Gasteiger partial charge in [-0.25, -0.2) is 14.5 Å². The van der Waals surface area contributed by atoms with Gasteiger partial charge in [-0.15, -0.1) is 0 Å². The van der Waals surface area contributed by atoms with Crippen molar-refractivity contribution in [3.05, 3.63) is 0 Å². The van der Waals surface area contributed by atoms with Gasteiger partial charge >= 0.3 is 12.1 Å². The number of imide groups is 1. The number of piperidine rings is 1. The number of hydrogen-bond acceptors (Lipinski definition) is 6. The molecule has 0 aromatic rings. The van der Waals surface area contributed by atoms with Crippen LogP contribution < -0.4 is 0 Å². The third-order valence-corrected chi connectivity index (χ3v) is 3.13. The minimum atomic E-state index is -1.000. The largest absolute Gasteiger partial charge is 0.467 e. The summed E-state index contributed by atoms with van der Waals surface area (Å²) in [5, 5.41) is 0. The summed E-state index contributed by atoms with van der Waals surface area (Å²) in [4.78, 5) is 47.7. The molecule has 0 aromatic heterocycles. The van der Waals surface area contributed by atoms with Gasteiger partial charge < -0.3 is 14.3 Å². The van der Waals surface area contributed by atoms with Crippen molar-refractivity contribution in [1.29, 1.82) is 0 Å². The van der Waals surface area contributed by atoms with Gasteiger partial charge in [0, 0.05) is 12.3 Å². The van der Waals surface area contributed by atoms with Crippen LogP contribution in [0.5, 0.6) is 0 Å². The van der Waals surface area contributed by atoms with Gasteiger partial charge in [0.05, 0.1) is 7.11 Å². The minimum Gasteiger partial charge on any atom is -0.467 e. The molecule has 0 spiro atoms. The van der Waals surface area contributed by atoms with Gasteiger partial charge in [-0.2, -0.15) is 0 Å². The fraction of sp³-hybridized carbons (Fsp3) is 0.714. The van der Waals surface area contributed by atoms with Crippen LogP contribution in [0.25, 0.3) is 0 Å². The molecule has 0 radical (unpaired) electrons. The summed E-state index contributed by atoms with van der Waals surface area (Å²) in [6.07, 6.45) is 0.381. The highest BCUT2D eigenvalue weighted by Gasteiger charge is 2.44. The van der Waals surface area contributed by atoms with Crippen LogP contribution in [-0.4, -0.2) is 47.9 Å². The Morgan fingerprint density at radius 2 is 1.95 bits per heavy atom. The van der Waals surface area contributed by atoms with E-state index >= 15 is 0 Å². The van der Waals surface area contributed by atoms with E-state index in [-0.39, 0.29) is 12.8 Å². The van der Waals surface area contributed by atoms with Crippen LogP contribution in [0.1, 0.15) is 40.0 Å². The first-order valence-electron chi connectivity index (χ1n) is 6.78. The topological polar surface area (TPSA) is 90.0 Å². The van der Waals surface area contributed by atoms with E-state index in [0.29, 0.717) is 12.7 Å². The molecule has 0 N–H and O–H groups in total. The molecule has 1 aliphatic heterocycles.